The molecule has 13 rings (SSSR count). The highest BCUT2D eigenvalue weighted by molar-refractivity contribution is 7.00. The fourth-order valence-corrected chi connectivity index (χ4v) is 10.3. The summed E-state index contributed by atoms with van der Waals surface area (Å²) in [4.78, 5) is 5.08. The van der Waals surface area contributed by atoms with Gasteiger partial charge in [-0.3, -0.25) is 0 Å². The normalized spacial score (nSPS) is 12.7. The predicted octanol–water partition coefficient (Wildman–Crippen LogP) is 14.2. The van der Waals surface area contributed by atoms with E-state index in [1.54, 1.807) is 0 Å². The van der Waals surface area contributed by atoms with Gasteiger partial charge in [-0.2, -0.15) is 0 Å². The monoisotopic (exact) mass is 798 g/mol. The summed E-state index contributed by atoms with van der Waals surface area (Å²) in [5.74, 6) is 0. The minimum absolute atomic E-state index is 0.0143. The van der Waals surface area contributed by atoms with Gasteiger partial charge in [0.15, 0.2) is 0 Å². The third-order valence-corrected chi connectivity index (χ3v) is 13.3. The second kappa shape index (κ2) is 14.2. The van der Waals surface area contributed by atoms with E-state index in [2.05, 4.69) is 246 Å². The lowest BCUT2D eigenvalue weighted by atomic mass is 9.33. The maximum atomic E-state index is 2.54. The first kappa shape index (κ1) is 35.6. The molecule has 0 bridgehead atoms. The molecular formula is C60H39BN2. The number of anilines is 6. The summed E-state index contributed by atoms with van der Waals surface area (Å²) < 4.78 is 0. The van der Waals surface area contributed by atoms with Gasteiger partial charge in [-0.05, 0) is 137 Å². The predicted molar refractivity (Wildman–Crippen MR) is 269 cm³/mol. The summed E-state index contributed by atoms with van der Waals surface area (Å²) in [6, 6.07) is 87.7. The van der Waals surface area contributed by atoms with Crippen LogP contribution in [0.5, 0.6) is 0 Å². The van der Waals surface area contributed by atoms with Crippen LogP contribution in [-0.4, -0.2) is 6.71 Å². The first-order valence-electron chi connectivity index (χ1n) is 21.9. The molecule has 0 radical (unpaired) electrons. The molecule has 0 amide bonds. The molecule has 0 aliphatic carbocycles. The molecule has 63 heavy (non-hydrogen) atoms. The van der Waals surface area contributed by atoms with Crippen molar-refractivity contribution in [3.63, 3.8) is 0 Å². The first-order chi connectivity index (χ1) is 31.2. The number of nitrogens with zero attached hydrogens (tertiary/aromatic N) is 2. The van der Waals surface area contributed by atoms with Gasteiger partial charge in [0.25, 0.3) is 6.71 Å². The summed E-state index contributed by atoms with van der Waals surface area (Å²) in [5, 5.41) is 7.42. The second-order valence-electron chi connectivity index (χ2n) is 16.9. The molecular weight excluding hydrogens is 759 g/mol. The van der Waals surface area contributed by atoms with E-state index in [0.717, 1.165) is 11.4 Å². The largest absolute Gasteiger partial charge is 0.311 e. The van der Waals surface area contributed by atoms with Crippen LogP contribution >= 0.6 is 0 Å². The van der Waals surface area contributed by atoms with Crippen LogP contribution in [-0.2, 0) is 0 Å². The lowest BCUT2D eigenvalue weighted by Gasteiger charge is -2.44. The standard InChI is InChI=1S/C60H39BN2/c1-3-13-40(14-4-1)43-25-29-52(30-26-43)62-56-36-48-21-11-9-19-46(48)34-54(56)61-55-35-47-20-10-12-22-49(47)37-57(55)63(53-31-27-44(28-32-53)41-15-5-2-6-16-41)59-39-51(38-58(62)60(59)61)50-24-23-42-17-7-8-18-45(42)33-50/h1-39H. The quantitative estimate of drug-likeness (QED) is 0.160. The lowest BCUT2D eigenvalue weighted by molar-refractivity contribution is 1.26. The van der Waals surface area contributed by atoms with Crippen LogP contribution in [0.4, 0.5) is 34.1 Å². The zero-order valence-electron chi connectivity index (χ0n) is 34.5. The van der Waals surface area contributed by atoms with Crippen molar-refractivity contribution < 1.29 is 0 Å². The molecule has 0 N–H and O–H groups in total. The summed E-state index contributed by atoms with van der Waals surface area (Å²) in [7, 11) is 0. The Kier molecular flexibility index (Phi) is 8.04. The Morgan fingerprint density at radius 2 is 0.603 bits per heavy atom. The average molecular weight is 799 g/mol. The highest BCUT2D eigenvalue weighted by Crippen LogP contribution is 2.47. The molecule has 2 nitrogen and oxygen atoms in total. The molecule has 2 aliphatic heterocycles. The van der Waals surface area contributed by atoms with Crippen molar-refractivity contribution in [1.82, 2.24) is 0 Å². The summed E-state index contributed by atoms with van der Waals surface area (Å²) >= 11 is 0. The molecule has 11 aromatic carbocycles. The Morgan fingerprint density at radius 3 is 1.06 bits per heavy atom. The van der Waals surface area contributed by atoms with Crippen LogP contribution in [0.15, 0.2) is 237 Å². The van der Waals surface area contributed by atoms with Crippen molar-refractivity contribution in [2.75, 3.05) is 9.80 Å². The van der Waals surface area contributed by atoms with Crippen LogP contribution in [0.3, 0.4) is 0 Å². The maximum absolute atomic E-state index is 2.54. The SMILES string of the molecule is c1ccc(-c2ccc(N3c4cc5ccccc5cc4B4c5cc6ccccc6cc5N(c5ccc(-c6ccccc6)cc5)c5cc(-c6ccc7ccccc7c6)cc3c54)cc2)cc1. The lowest BCUT2D eigenvalue weighted by Crippen LogP contribution is -2.61. The molecule has 2 aliphatic rings. The maximum Gasteiger partial charge on any atom is 0.252 e. The minimum Gasteiger partial charge on any atom is -0.311 e. The topological polar surface area (TPSA) is 6.48 Å². The molecule has 292 valence electrons. The van der Waals surface area contributed by atoms with E-state index >= 15 is 0 Å². The van der Waals surface area contributed by atoms with E-state index in [9.17, 15) is 0 Å². The van der Waals surface area contributed by atoms with Gasteiger partial charge in [0.1, 0.15) is 0 Å². The molecule has 0 saturated heterocycles. The Hall–Kier alpha value is -8.14. The molecule has 0 aromatic heterocycles. The highest BCUT2D eigenvalue weighted by atomic mass is 15.2. The van der Waals surface area contributed by atoms with Crippen LogP contribution in [0.2, 0.25) is 0 Å². The van der Waals surface area contributed by atoms with E-state index in [1.165, 1.54) is 105 Å². The van der Waals surface area contributed by atoms with Crippen LogP contribution in [0.1, 0.15) is 0 Å². The summed E-state index contributed by atoms with van der Waals surface area (Å²) in [6.45, 7) is -0.0143. The third kappa shape index (κ3) is 5.81. The number of fused-ring (bicyclic) bond motifs is 7. The molecule has 2 heterocycles. The Bertz CT molecular complexity index is 3370. The van der Waals surface area contributed by atoms with Crippen molar-refractivity contribution in [3.8, 4) is 33.4 Å². The molecule has 11 aromatic rings. The fourth-order valence-electron chi connectivity index (χ4n) is 10.3. The molecule has 0 saturated carbocycles. The average Bonchev–Trinajstić information content (AvgIpc) is 3.35. The molecule has 3 heteroatoms. The molecule has 0 fully saturated rings. The molecule has 0 unspecified atom stereocenters. The van der Waals surface area contributed by atoms with E-state index in [4.69, 9.17) is 0 Å². The van der Waals surface area contributed by atoms with E-state index in [1.807, 2.05) is 0 Å². The molecule has 0 atom stereocenters. The van der Waals surface area contributed by atoms with Crippen LogP contribution in [0, 0.1) is 0 Å². The van der Waals surface area contributed by atoms with E-state index in [-0.39, 0.29) is 6.71 Å². The van der Waals surface area contributed by atoms with Crippen molar-refractivity contribution in [1.29, 1.82) is 0 Å². The smallest absolute Gasteiger partial charge is 0.252 e. The van der Waals surface area contributed by atoms with Gasteiger partial charge in [0, 0.05) is 34.1 Å². The Morgan fingerprint density at radius 1 is 0.238 bits per heavy atom. The van der Waals surface area contributed by atoms with Crippen molar-refractivity contribution in [2.45, 2.75) is 0 Å². The van der Waals surface area contributed by atoms with E-state index < -0.39 is 0 Å². The number of hydrogen-bond acceptors (Lipinski definition) is 2. The highest BCUT2D eigenvalue weighted by Gasteiger charge is 2.44. The minimum atomic E-state index is -0.0143. The van der Waals surface area contributed by atoms with E-state index in [0.29, 0.717) is 0 Å². The van der Waals surface area contributed by atoms with Gasteiger partial charge < -0.3 is 9.80 Å². The zero-order chi connectivity index (χ0) is 41.4. The summed E-state index contributed by atoms with van der Waals surface area (Å²) in [6.07, 6.45) is 0. The van der Waals surface area contributed by atoms with Crippen molar-refractivity contribution in [2.24, 2.45) is 0 Å². The van der Waals surface area contributed by atoms with Crippen LogP contribution < -0.4 is 26.2 Å². The van der Waals surface area contributed by atoms with Gasteiger partial charge in [0.2, 0.25) is 0 Å². The fraction of sp³-hybridized carbons (Fsp3) is 0. The van der Waals surface area contributed by atoms with Gasteiger partial charge >= 0.3 is 0 Å². The van der Waals surface area contributed by atoms with Crippen molar-refractivity contribution >= 4 is 89.5 Å². The van der Waals surface area contributed by atoms with Gasteiger partial charge in [-0.1, -0.05) is 182 Å². The molecule has 0 spiro atoms. The summed E-state index contributed by atoms with van der Waals surface area (Å²) in [5.41, 5.74) is 18.2. The Labute approximate surface area is 367 Å². The number of benzene rings is 11. The number of hydrogen-bond donors (Lipinski definition) is 0. The first-order valence-corrected chi connectivity index (χ1v) is 21.9. The van der Waals surface area contributed by atoms with Crippen LogP contribution in [0.25, 0.3) is 65.7 Å². The van der Waals surface area contributed by atoms with Gasteiger partial charge in [-0.15, -0.1) is 0 Å². The zero-order valence-corrected chi connectivity index (χ0v) is 34.5. The van der Waals surface area contributed by atoms with Gasteiger partial charge in [-0.25, -0.2) is 0 Å². The third-order valence-electron chi connectivity index (χ3n) is 13.3. The van der Waals surface area contributed by atoms with Crippen molar-refractivity contribution in [3.05, 3.63) is 237 Å². The van der Waals surface area contributed by atoms with Gasteiger partial charge in [0.05, 0.1) is 0 Å². The Balaban J connectivity index is 1.12. The second-order valence-corrected chi connectivity index (χ2v) is 16.9. The number of rotatable bonds is 5.